The molecule has 0 unspecified atom stereocenters. The Morgan fingerprint density at radius 2 is 1.94 bits per heavy atom. The van der Waals surface area contributed by atoms with Gasteiger partial charge >= 0.3 is 0 Å². The molecule has 2 aromatic rings. The quantitative estimate of drug-likeness (QED) is 0.605. The average molecular weight is 306 g/mol. The van der Waals surface area contributed by atoms with Crippen molar-refractivity contribution in [2.45, 2.75) is 30.0 Å². The van der Waals surface area contributed by atoms with Gasteiger partial charge < -0.3 is 4.57 Å². The number of rotatable bonds is 2. The van der Waals surface area contributed by atoms with Crippen LogP contribution >= 0.6 is 15.9 Å². The fraction of sp³-hybridized carbons (Fsp3) is 0.400. The molecule has 1 aliphatic carbocycles. The molecule has 94 valence electrons. The smallest absolute Gasteiger partial charge is 0.181 e. The molecule has 0 saturated heterocycles. The number of Topliss-reactive ketones (excluding diaryl/α,β-unsaturated/α-hetero) is 1. The second-order valence-corrected chi connectivity index (χ2v) is 6.69. The van der Waals surface area contributed by atoms with Gasteiger partial charge in [0.25, 0.3) is 0 Å². The molecule has 1 aliphatic rings. The van der Waals surface area contributed by atoms with Gasteiger partial charge in [0, 0.05) is 29.7 Å². The van der Waals surface area contributed by atoms with Gasteiger partial charge in [0.2, 0.25) is 0 Å². The number of benzene rings is 1. The summed E-state index contributed by atoms with van der Waals surface area (Å²) in [6.45, 7) is 0. The van der Waals surface area contributed by atoms with Crippen LogP contribution in [0, 0.1) is 0 Å². The third-order valence-corrected chi connectivity index (χ3v) is 5.10. The number of para-hydroxylation sites is 1. The summed E-state index contributed by atoms with van der Waals surface area (Å²) >= 11 is 3.68. The number of nitrogens with zero attached hydrogens (tertiary/aromatic N) is 1. The monoisotopic (exact) mass is 305 g/mol. The maximum atomic E-state index is 12.7. The van der Waals surface area contributed by atoms with Crippen LogP contribution in [0.25, 0.3) is 10.9 Å². The van der Waals surface area contributed by atoms with Crippen molar-refractivity contribution in [3.63, 3.8) is 0 Å². The van der Waals surface area contributed by atoms with Gasteiger partial charge in [-0.25, -0.2) is 0 Å². The molecule has 0 spiro atoms. The van der Waals surface area contributed by atoms with Crippen LogP contribution in [0.5, 0.6) is 0 Å². The number of hydrogen-bond acceptors (Lipinski definition) is 1. The summed E-state index contributed by atoms with van der Waals surface area (Å²) in [5.41, 5.74) is 1.97. The van der Waals surface area contributed by atoms with Crippen molar-refractivity contribution in [1.29, 1.82) is 0 Å². The van der Waals surface area contributed by atoms with E-state index < -0.39 is 0 Å². The van der Waals surface area contributed by atoms with Gasteiger partial charge in [0.15, 0.2) is 5.78 Å². The number of carbonyl (C=O) groups excluding carboxylic acids is 1. The van der Waals surface area contributed by atoms with E-state index in [1.54, 1.807) is 0 Å². The maximum absolute atomic E-state index is 12.7. The predicted molar refractivity (Wildman–Crippen MR) is 77.4 cm³/mol. The standard InChI is InChI=1S/C15H16BrNO/c1-17-10-12(11-6-2-3-7-13(11)17)14(18)15(16)8-4-5-9-15/h2-3,6-7,10H,4-5,8-9H2,1H3. The first-order valence-corrected chi connectivity index (χ1v) is 7.19. The van der Waals surface area contributed by atoms with Gasteiger partial charge in [-0.05, 0) is 18.9 Å². The number of carbonyl (C=O) groups is 1. The third kappa shape index (κ3) is 1.72. The molecule has 1 fully saturated rings. The van der Waals surface area contributed by atoms with Crippen molar-refractivity contribution in [2.75, 3.05) is 0 Å². The van der Waals surface area contributed by atoms with Crippen molar-refractivity contribution in [3.05, 3.63) is 36.0 Å². The predicted octanol–water partition coefficient (Wildman–Crippen LogP) is 4.07. The highest BCUT2D eigenvalue weighted by atomic mass is 79.9. The Kier molecular flexibility index (Phi) is 2.81. The Bertz CT molecular complexity index is 608. The highest BCUT2D eigenvalue weighted by molar-refractivity contribution is 9.10. The van der Waals surface area contributed by atoms with Crippen LogP contribution in [0.2, 0.25) is 0 Å². The van der Waals surface area contributed by atoms with E-state index >= 15 is 0 Å². The Hall–Kier alpha value is -1.09. The maximum Gasteiger partial charge on any atom is 0.181 e. The fourth-order valence-electron chi connectivity index (χ4n) is 2.93. The molecule has 0 radical (unpaired) electrons. The van der Waals surface area contributed by atoms with Crippen LogP contribution in [-0.2, 0) is 7.05 Å². The zero-order chi connectivity index (χ0) is 12.8. The van der Waals surface area contributed by atoms with Gasteiger partial charge in [-0.1, -0.05) is 47.0 Å². The minimum Gasteiger partial charge on any atom is -0.350 e. The van der Waals surface area contributed by atoms with E-state index in [1.165, 1.54) is 0 Å². The van der Waals surface area contributed by atoms with Crippen molar-refractivity contribution < 1.29 is 4.79 Å². The highest BCUT2D eigenvalue weighted by Crippen LogP contribution is 2.41. The summed E-state index contributed by atoms with van der Waals surface area (Å²) in [7, 11) is 1.99. The lowest BCUT2D eigenvalue weighted by Gasteiger charge is -2.18. The Morgan fingerprint density at radius 3 is 2.67 bits per heavy atom. The Morgan fingerprint density at radius 1 is 1.28 bits per heavy atom. The summed E-state index contributed by atoms with van der Waals surface area (Å²) < 4.78 is 1.71. The molecule has 1 heterocycles. The molecule has 1 aromatic heterocycles. The van der Waals surface area contributed by atoms with E-state index in [4.69, 9.17) is 0 Å². The van der Waals surface area contributed by atoms with E-state index in [-0.39, 0.29) is 10.1 Å². The minimum absolute atomic E-state index is 0.247. The van der Waals surface area contributed by atoms with Crippen molar-refractivity contribution >= 4 is 32.6 Å². The number of halogens is 1. The summed E-state index contributed by atoms with van der Waals surface area (Å²) in [6.07, 6.45) is 6.15. The first kappa shape index (κ1) is 12.0. The molecule has 1 aromatic carbocycles. The molecule has 3 heteroatoms. The molecule has 0 bridgehead atoms. The lowest BCUT2D eigenvalue weighted by Crippen LogP contribution is -2.28. The topological polar surface area (TPSA) is 22.0 Å². The van der Waals surface area contributed by atoms with Crippen LogP contribution in [0.3, 0.4) is 0 Å². The van der Waals surface area contributed by atoms with Gasteiger partial charge in [-0.15, -0.1) is 0 Å². The van der Waals surface area contributed by atoms with E-state index in [0.29, 0.717) is 0 Å². The summed E-state index contributed by atoms with van der Waals surface area (Å²) in [5.74, 6) is 0.247. The lowest BCUT2D eigenvalue weighted by molar-refractivity contribution is 0.0950. The van der Waals surface area contributed by atoms with Crippen molar-refractivity contribution in [3.8, 4) is 0 Å². The zero-order valence-corrected chi connectivity index (χ0v) is 12.0. The molecule has 0 N–H and O–H groups in total. The number of aryl methyl sites for hydroxylation is 1. The SMILES string of the molecule is Cn1cc(C(=O)C2(Br)CCCC2)c2ccccc21. The van der Waals surface area contributed by atoms with E-state index in [0.717, 1.165) is 42.1 Å². The van der Waals surface area contributed by atoms with Gasteiger partial charge in [-0.2, -0.15) is 0 Å². The van der Waals surface area contributed by atoms with Gasteiger partial charge in [0.1, 0.15) is 0 Å². The summed E-state index contributed by atoms with van der Waals surface area (Å²) in [5, 5.41) is 1.07. The minimum atomic E-state index is -0.322. The van der Waals surface area contributed by atoms with Crippen molar-refractivity contribution in [2.24, 2.45) is 7.05 Å². The van der Waals surface area contributed by atoms with Crippen molar-refractivity contribution in [1.82, 2.24) is 4.57 Å². The molecule has 1 saturated carbocycles. The molecular weight excluding hydrogens is 290 g/mol. The fourth-order valence-corrected chi connectivity index (χ4v) is 3.70. The largest absolute Gasteiger partial charge is 0.350 e. The molecule has 0 amide bonds. The molecule has 3 rings (SSSR count). The van der Waals surface area contributed by atoms with Gasteiger partial charge in [-0.3, -0.25) is 4.79 Å². The number of hydrogen-bond donors (Lipinski definition) is 0. The first-order valence-electron chi connectivity index (χ1n) is 6.40. The number of fused-ring (bicyclic) bond motifs is 1. The Labute approximate surface area is 115 Å². The van der Waals surface area contributed by atoms with E-state index in [2.05, 4.69) is 22.0 Å². The van der Waals surface area contributed by atoms with Crippen LogP contribution < -0.4 is 0 Å². The summed E-state index contributed by atoms with van der Waals surface area (Å²) in [4.78, 5) is 12.7. The van der Waals surface area contributed by atoms with Crippen LogP contribution in [0.1, 0.15) is 36.0 Å². The second-order valence-electron chi connectivity index (χ2n) is 5.17. The second kappa shape index (κ2) is 4.23. The first-order chi connectivity index (χ1) is 8.62. The highest BCUT2D eigenvalue weighted by Gasteiger charge is 2.39. The summed E-state index contributed by atoms with van der Waals surface area (Å²) in [6, 6.07) is 8.10. The zero-order valence-electron chi connectivity index (χ0n) is 10.4. The van der Waals surface area contributed by atoms with E-state index in [1.807, 2.05) is 36.0 Å². The number of alkyl halides is 1. The van der Waals surface area contributed by atoms with E-state index in [9.17, 15) is 4.79 Å². The Balaban J connectivity index is 2.12. The molecule has 0 atom stereocenters. The molecule has 0 aliphatic heterocycles. The van der Waals surface area contributed by atoms with Gasteiger partial charge in [0.05, 0.1) is 4.32 Å². The lowest BCUT2D eigenvalue weighted by atomic mass is 9.96. The number of ketones is 1. The van der Waals surface area contributed by atoms with Crippen LogP contribution in [0.15, 0.2) is 30.5 Å². The third-order valence-electron chi connectivity index (χ3n) is 3.94. The molecular formula is C15H16BrNO. The average Bonchev–Trinajstić information content (AvgIpc) is 2.95. The molecule has 18 heavy (non-hydrogen) atoms. The normalized spacial score (nSPS) is 18.3. The number of aromatic nitrogens is 1. The van der Waals surface area contributed by atoms with Crippen LogP contribution in [-0.4, -0.2) is 14.7 Å². The molecule has 2 nitrogen and oxygen atoms in total. The van der Waals surface area contributed by atoms with Crippen LogP contribution in [0.4, 0.5) is 0 Å².